The van der Waals surface area contributed by atoms with E-state index in [1.165, 1.54) is 31.2 Å². The van der Waals surface area contributed by atoms with Crippen LogP contribution in [0.4, 0.5) is 0 Å². The van der Waals surface area contributed by atoms with Gasteiger partial charge in [-0.2, -0.15) is 0 Å². The molecule has 0 aliphatic heterocycles. The molecule has 0 radical (unpaired) electrons. The maximum atomic E-state index is 8.75. The van der Waals surface area contributed by atoms with Crippen LogP contribution in [0.3, 0.4) is 0 Å². The van der Waals surface area contributed by atoms with Gasteiger partial charge in [-0.15, -0.1) is 11.8 Å². The third-order valence-corrected chi connectivity index (χ3v) is 4.53. The van der Waals surface area contributed by atoms with Crippen LogP contribution in [0.1, 0.15) is 69.8 Å². The van der Waals surface area contributed by atoms with Crippen molar-refractivity contribution in [2.75, 3.05) is 27.1 Å². The van der Waals surface area contributed by atoms with Gasteiger partial charge in [0.25, 0.3) is 0 Å². The lowest BCUT2D eigenvalue weighted by molar-refractivity contribution is -0.0788. The maximum Gasteiger partial charge on any atom is 0.146 e. The van der Waals surface area contributed by atoms with E-state index >= 15 is 0 Å². The first-order valence-electron chi connectivity index (χ1n) is 10.7. The molecule has 0 fully saturated rings. The predicted octanol–water partition coefficient (Wildman–Crippen LogP) is 5.09. The fourth-order valence-corrected chi connectivity index (χ4v) is 2.87. The summed E-state index contributed by atoms with van der Waals surface area (Å²) in [7, 11) is 1.64. The number of methoxy groups -OCH3 is 1. The van der Waals surface area contributed by atoms with Gasteiger partial charge in [0.05, 0.1) is 12.7 Å². The molecule has 1 aromatic carbocycles. The summed E-state index contributed by atoms with van der Waals surface area (Å²) in [5, 5.41) is 8.75. The normalized spacial score (nSPS) is 11.8. The Labute approximate surface area is 171 Å². The van der Waals surface area contributed by atoms with Crippen LogP contribution in [0.5, 0.6) is 0 Å². The summed E-state index contributed by atoms with van der Waals surface area (Å²) in [5.41, 5.74) is 1.19. The minimum atomic E-state index is 0.0507. The Balaban J connectivity index is 2.09. The Morgan fingerprint density at radius 1 is 0.929 bits per heavy atom. The van der Waals surface area contributed by atoms with Gasteiger partial charge < -0.3 is 19.3 Å². The molecule has 4 heteroatoms. The molecule has 0 unspecified atom stereocenters. The lowest BCUT2D eigenvalue weighted by atomic mass is 10.1. The number of hydrogen-bond acceptors (Lipinski definition) is 4. The monoisotopic (exact) mass is 390 g/mol. The molecule has 1 N–H and O–H groups in total. The van der Waals surface area contributed by atoms with Crippen molar-refractivity contribution in [1.29, 1.82) is 0 Å². The molecule has 28 heavy (non-hydrogen) atoms. The summed E-state index contributed by atoms with van der Waals surface area (Å²) in [5.74, 6) is 6.53. The molecule has 1 rings (SSSR count). The van der Waals surface area contributed by atoms with Gasteiger partial charge in [-0.1, -0.05) is 62.4 Å². The highest BCUT2D eigenvalue weighted by molar-refractivity contribution is 5.13. The maximum absolute atomic E-state index is 8.75. The number of aliphatic hydroxyl groups is 1. The summed E-state index contributed by atoms with van der Waals surface area (Å²) in [6.45, 7) is 1.90. The molecule has 0 bridgehead atoms. The van der Waals surface area contributed by atoms with Crippen LogP contribution in [-0.4, -0.2) is 38.3 Å². The molecule has 0 spiro atoms. The van der Waals surface area contributed by atoms with Gasteiger partial charge in [-0.25, -0.2) is 0 Å². The van der Waals surface area contributed by atoms with Crippen molar-refractivity contribution in [1.82, 2.24) is 0 Å². The van der Waals surface area contributed by atoms with E-state index in [2.05, 4.69) is 24.0 Å². The molecule has 1 aromatic rings. The van der Waals surface area contributed by atoms with E-state index in [0.29, 0.717) is 26.6 Å². The van der Waals surface area contributed by atoms with E-state index in [1.807, 2.05) is 18.2 Å². The van der Waals surface area contributed by atoms with E-state index in [0.717, 1.165) is 38.5 Å². The van der Waals surface area contributed by atoms with Crippen LogP contribution in [0, 0.1) is 11.8 Å². The van der Waals surface area contributed by atoms with Crippen LogP contribution < -0.4 is 0 Å². The van der Waals surface area contributed by atoms with E-state index in [9.17, 15) is 0 Å². The van der Waals surface area contributed by atoms with Crippen LogP contribution >= 0.6 is 0 Å². The van der Waals surface area contributed by atoms with Gasteiger partial charge in [-0.05, 0) is 24.8 Å². The molecule has 0 heterocycles. The number of hydrogen-bond donors (Lipinski definition) is 1. The van der Waals surface area contributed by atoms with Crippen LogP contribution in [0.15, 0.2) is 30.3 Å². The predicted molar refractivity (Wildman–Crippen MR) is 114 cm³/mol. The SMILES string of the molecule is COCO[C@H](CC#CCCCCCCCCCO)CCOCc1ccccc1. The van der Waals surface area contributed by atoms with Gasteiger partial charge in [0.2, 0.25) is 0 Å². The van der Waals surface area contributed by atoms with E-state index in [4.69, 9.17) is 19.3 Å². The van der Waals surface area contributed by atoms with E-state index in [1.54, 1.807) is 7.11 Å². The smallest absolute Gasteiger partial charge is 0.146 e. The second-order valence-corrected chi connectivity index (χ2v) is 7.03. The number of aliphatic hydroxyl groups excluding tert-OH is 1. The second-order valence-electron chi connectivity index (χ2n) is 7.03. The molecular weight excluding hydrogens is 352 g/mol. The van der Waals surface area contributed by atoms with E-state index in [-0.39, 0.29) is 6.10 Å². The molecule has 0 saturated heterocycles. The van der Waals surface area contributed by atoms with Crippen molar-refractivity contribution in [3.63, 3.8) is 0 Å². The largest absolute Gasteiger partial charge is 0.396 e. The Kier molecular flexibility index (Phi) is 16.7. The second kappa shape index (κ2) is 19.0. The quantitative estimate of drug-likeness (QED) is 0.229. The average molecular weight is 391 g/mol. The number of benzene rings is 1. The highest BCUT2D eigenvalue weighted by Crippen LogP contribution is 2.09. The zero-order valence-corrected chi connectivity index (χ0v) is 17.5. The highest BCUT2D eigenvalue weighted by atomic mass is 16.7. The molecule has 0 aromatic heterocycles. The van der Waals surface area contributed by atoms with Crippen molar-refractivity contribution in [2.45, 2.75) is 76.9 Å². The van der Waals surface area contributed by atoms with Crippen LogP contribution in [0.2, 0.25) is 0 Å². The van der Waals surface area contributed by atoms with Crippen molar-refractivity contribution in [3.8, 4) is 11.8 Å². The molecule has 4 nitrogen and oxygen atoms in total. The fourth-order valence-electron chi connectivity index (χ4n) is 2.87. The van der Waals surface area contributed by atoms with Gasteiger partial charge >= 0.3 is 0 Å². The molecule has 0 amide bonds. The molecule has 158 valence electrons. The Morgan fingerprint density at radius 3 is 2.36 bits per heavy atom. The zero-order valence-electron chi connectivity index (χ0n) is 17.5. The van der Waals surface area contributed by atoms with E-state index < -0.39 is 0 Å². The van der Waals surface area contributed by atoms with Crippen LogP contribution in [0.25, 0.3) is 0 Å². The van der Waals surface area contributed by atoms with Gasteiger partial charge in [0, 0.05) is 33.2 Å². The summed E-state index contributed by atoms with van der Waals surface area (Å²) >= 11 is 0. The first kappa shape index (κ1) is 24.7. The third-order valence-electron chi connectivity index (χ3n) is 4.53. The molecule has 0 aliphatic carbocycles. The Hall–Kier alpha value is -1.38. The first-order chi connectivity index (χ1) is 13.9. The fraction of sp³-hybridized carbons (Fsp3) is 0.667. The van der Waals surface area contributed by atoms with Crippen molar-refractivity contribution >= 4 is 0 Å². The average Bonchev–Trinajstić information content (AvgIpc) is 2.73. The van der Waals surface area contributed by atoms with Crippen molar-refractivity contribution in [3.05, 3.63) is 35.9 Å². The standard InChI is InChI=1S/C24H38O4/c1-26-22-28-24(18-20-27-21-23-15-11-10-12-16-23)17-13-8-6-4-2-3-5-7-9-14-19-25/h10-12,15-16,24-25H,2-7,9,14,17-22H2,1H3/t24-/m1/s1. The summed E-state index contributed by atoms with van der Waals surface area (Å²) < 4.78 is 16.5. The molecule has 0 saturated carbocycles. The lowest BCUT2D eigenvalue weighted by Crippen LogP contribution is -2.16. The zero-order chi connectivity index (χ0) is 20.1. The molecular formula is C24H38O4. The van der Waals surface area contributed by atoms with Gasteiger partial charge in [0.15, 0.2) is 0 Å². The highest BCUT2D eigenvalue weighted by Gasteiger charge is 2.07. The van der Waals surface area contributed by atoms with Gasteiger partial charge in [-0.3, -0.25) is 0 Å². The third kappa shape index (κ3) is 14.6. The Bertz CT molecular complexity index is 506. The summed E-state index contributed by atoms with van der Waals surface area (Å²) in [4.78, 5) is 0. The Morgan fingerprint density at radius 2 is 1.64 bits per heavy atom. The minimum Gasteiger partial charge on any atom is -0.396 e. The first-order valence-corrected chi connectivity index (χ1v) is 10.7. The minimum absolute atomic E-state index is 0.0507. The van der Waals surface area contributed by atoms with Crippen molar-refractivity contribution < 1.29 is 19.3 Å². The summed E-state index contributed by atoms with van der Waals surface area (Å²) in [6, 6.07) is 10.2. The van der Waals surface area contributed by atoms with Crippen LogP contribution in [-0.2, 0) is 20.8 Å². The topological polar surface area (TPSA) is 47.9 Å². The molecule has 1 atom stereocenters. The van der Waals surface area contributed by atoms with Crippen molar-refractivity contribution in [2.24, 2.45) is 0 Å². The van der Waals surface area contributed by atoms with Gasteiger partial charge in [0.1, 0.15) is 6.79 Å². The summed E-state index contributed by atoms with van der Waals surface area (Å²) in [6.07, 6.45) is 10.8. The molecule has 0 aliphatic rings. The number of unbranched alkanes of at least 4 members (excludes halogenated alkanes) is 7. The number of rotatable bonds is 17. The number of ether oxygens (including phenoxy) is 3. The lowest BCUT2D eigenvalue weighted by Gasteiger charge is -2.15.